The Labute approximate surface area is 189 Å². The van der Waals surface area contributed by atoms with Crippen molar-refractivity contribution in [2.24, 2.45) is 0 Å². The van der Waals surface area contributed by atoms with Crippen molar-refractivity contribution in [2.45, 2.75) is 37.4 Å². The van der Waals surface area contributed by atoms with Crippen LogP contribution < -0.4 is 26.8 Å². The first-order valence-electron chi connectivity index (χ1n) is 9.58. The largest absolute Gasteiger partial charge is 0.490 e. The molecule has 0 saturated carbocycles. The Bertz CT molecular complexity index is 1090. The molecule has 35 heavy (non-hydrogen) atoms. The average molecular weight is 521 g/mol. The van der Waals surface area contributed by atoms with Crippen LogP contribution in [-0.2, 0) is 17.1 Å². The summed E-state index contributed by atoms with van der Waals surface area (Å²) in [7, 11) is 0. The van der Waals surface area contributed by atoms with Gasteiger partial charge in [0.15, 0.2) is 0 Å². The summed E-state index contributed by atoms with van der Waals surface area (Å²) in [5.41, 5.74) is -6.01. The number of aliphatic carboxylic acids is 1. The maximum Gasteiger partial charge on any atom is 0.490 e. The van der Waals surface area contributed by atoms with Gasteiger partial charge in [-0.15, -0.1) is 0 Å². The lowest BCUT2D eigenvalue weighted by molar-refractivity contribution is -0.192. The van der Waals surface area contributed by atoms with Crippen LogP contribution in [0.2, 0.25) is 0 Å². The van der Waals surface area contributed by atoms with E-state index in [9.17, 15) is 49.1 Å². The highest BCUT2D eigenvalue weighted by Crippen LogP contribution is 2.38. The maximum absolute atomic E-state index is 12.9. The molecule has 16 heteroatoms. The van der Waals surface area contributed by atoms with Crippen LogP contribution in [0, 0.1) is 0 Å². The Hall–Kier alpha value is -3.30. The highest BCUT2D eigenvalue weighted by molar-refractivity contribution is 5.79. The zero-order chi connectivity index (χ0) is 26.8. The zero-order valence-corrected chi connectivity index (χ0v) is 17.2. The lowest BCUT2D eigenvalue weighted by Crippen LogP contribution is -2.39. The van der Waals surface area contributed by atoms with Crippen molar-refractivity contribution in [3.63, 3.8) is 0 Å². The molecule has 2 aromatic carbocycles. The van der Waals surface area contributed by atoms with E-state index in [1.54, 1.807) is 0 Å². The van der Waals surface area contributed by atoms with Gasteiger partial charge in [0.2, 0.25) is 0 Å². The Morgan fingerprint density at radius 2 is 1.40 bits per heavy atom. The van der Waals surface area contributed by atoms with Crippen LogP contribution in [0.3, 0.4) is 0 Å². The third-order valence-corrected chi connectivity index (χ3v) is 4.70. The van der Waals surface area contributed by atoms with Gasteiger partial charge in [-0.2, -0.15) is 39.5 Å². The zero-order valence-electron chi connectivity index (χ0n) is 17.2. The number of halogens is 9. The number of carboxylic acids is 1. The number of carboxylic acid groups (broad SMARTS) is 1. The van der Waals surface area contributed by atoms with Gasteiger partial charge in [-0.25, -0.2) is 4.79 Å². The van der Waals surface area contributed by atoms with Crippen LogP contribution in [-0.4, -0.2) is 36.4 Å². The summed E-state index contributed by atoms with van der Waals surface area (Å²) in [5.74, 6) is -2.76. The molecular weight excluding hydrogens is 505 g/mol. The second kappa shape index (κ2) is 10.1. The van der Waals surface area contributed by atoms with Gasteiger partial charge in [-0.05, 0) is 37.6 Å². The SMILES string of the molecule is O=C(O)C(F)(F)F.O=c1c(NC[C@@H]2CCCN2)c(Nc2cc(C(F)(F)F)cc(C(F)(F)F)c2)c1=O. The molecule has 0 radical (unpaired) electrons. The summed E-state index contributed by atoms with van der Waals surface area (Å²) in [5, 5.41) is 15.2. The number of hydrogen-bond acceptors (Lipinski definition) is 6. The van der Waals surface area contributed by atoms with Crippen molar-refractivity contribution < 1.29 is 49.4 Å². The predicted octanol–water partition coefficient (Wildman–Crippen LogP) is 3.86. The van der Waals surface area contributed by atoms with Gasteiger partial charge in [0.05, 0.1) is 11.1 Å². The molecule has 0 amide bonds. The fourth-order valence-corrected chi connectivity index (χ4v) is 3.01. The molecule has 0 unspecified atom stereocenters. The molecule has 1 atom stereocenters. The molecule has 0 bridgehead atoms. The van der Waals surface area contributed by atoms with Gasteiger partial charge in [-0.1, -0.05) is 0 Å². The molecule has 4 N–H and O–H groups in total. The predicted molar refractivity (Wildman–Crippen MR) is 104 cm³/mol. The van der Waals surface area contributed by atoms with Crippen LogP contribution in [0.25, 0.3) is 0 Å². The maximum atomic E-state index is 12.9. The third kappa shape index (κ3) is 7.34. The minimum absolute atomic E-state index is 0.0156. The van der Waals surface area contributed by atoms with E-state index in [0.29, 0.717) is 18.7 Å². The van der Waals surface area contributed by atoms with E-state index in [4.69, 9.17) is 9.90 Å². The Morgan fingerprint density at radius 1 is 0.914 bits per heavy atom. The van der Waals surface area contributed by atoms with E-state index >= 15 is 0 Å². The van der Waals surface area contributed by atoms with Gasteiger partial charge in [-0.3, -0.25) is 9.59 Å². The summed E-state index contributed by atoms with van der Waals surface area (Å²) in [6, 6.07) is 0.948. The number of hydrogen-bond donors (Lipinski definition) is 4. The topological polar surface area (TPSA) is 108 Å². The first-order valence-corrected chi connectivity index (χ1v) is 9.58. The van der Waals surface area contributed by atoms with E-state index in [1.165, 1.54) is 0 Å². The van der Waals surface area contributed by atoms with E-state index < -0.39 is 52.2 Å². The summed E-state index contributed by atoms with van der Waals surface area (Å²) >= 11 is 0. The van der Waals surface area contributed by atoms with Crippen molar-refractivity contribution in [1.29, 1.82) is 0 Å². The molecule has 1 aliphatic heterocycles. The summed E-state index contributed by atoms with van der Waals surface area (Å²) in [4.78, 5) is 32.4. The highest BCUT2D eigenvalue weighted by Gasteiger charge is 2.38. The van der Waals surface area contributed by atoms with Crippen molar-refractivity contribution in [3.8, 4) is 0 Å². The molecule has 1 heterocycles. The van der Waals surface area contributed by atoms with Crippen molar-refractivity contribution >= 4 is 23.0 Å². The fourth-order valence-electron chi connectivity index (χ4n) is 3.01. The molecule has 3 rings (SSSR count). The van der Waals surface area contributed by atoms with E-state index in [2.05, 4.69) is 16.0 Å². The molecule has 1 aliphatic rings. The van der Waals surface area contributed by atoms with Crippen LogP contribution >= 0.6 is 0 Å². The Balaban J connectivity index is 0.000000540. The summed E-state index contributed by atoms with van der Waals surface area (Å²) < 4.78 is 109. The van der Waals surface area contributed by atoms with Gasteiger partial charge in [0.1, 0.15) is 11.4 Å². The van der Waals surface area contributed by atoms with Gasteiger partial charge >= 0.3 is 24.5 Å². The van der Waals surface area contributed by atoms with Crippen molar-refractivity contribution in [1.82, 2.24) is 5.32 Å². The van der Waals surface area contributed by atoms with Crippen molar-refractivity contribution in [2.75, 3.05) is 23.7 Å². The van der Waals surface area contributed by atoms with Crippen LogP contribution in [0.15, 0.2) is 27.8 Å². The Kier molecular flexibility index (Phi) is 8.09. The molecule has 194 valence electrons. The van der Waals surface area contributed by atoms with Crippen LogP contribution in [0.5, 0.6) is 0 Å². The van der Waals surface area contributed by atoms with Gasteiger partial charge < -0.3 is 21.1 Å². The molecule has 1 saturated heterocycles. The Morgan fingerprint density at radius 3 is 1.80 bits per heavy atom. The molecule has 0 aliphatic carbocycles. The third-order valence-electron chi connectivity index (χ3n) is 4.70. The highest BCUT2D eigenvalue weighted by atomic mass is 19.4. The number of nitrogens with one attached hydrogen (secondary N) is 3. The fraction of sp³-hybridized carbons (Fsp3) is 0.421. The molecular formula is C19H16F9N3O4. The second-order valence-corrected chi connectivity index (χ2v) is 7.30. The molecule has 2 aromatic rings. The van der Waals surface area contributed by atoms with E-state index in [-0.39, 0.29) is 23.5 Å². The first kappa shape index (κ1) is 27.9. The summed E-state index contributed by atoms with van der Waals surface area (Å²) in [6.07, 6.45) is -13.3. The quantitative estimate of drug-likeness (QED) is 0.350. The lowest BCUT2D eigenvalue weighted by atomic mass is 10.1. The molecule has 0 aromatic heterocycles. The number of carbonyl (C=O) groups is 1. The van der Waals surface area contributed by atoms with E-state index in [1.807, 2.05) is 0 Å². The number of rotatable bonds is 5. The van der Waals surface area contributed by atoms with E-state index in [0.717, 1.165) is 19.4 Å². The van der Waals surface area contributed by atoms with Crippen molar-refractivity contribution in [3.05, 3.63) is 49.8 Å². The number of alkyl halides is 9. The lowest BCUT2D eigenvalue weighted by Gasteiger charge is -2.19. The average Bonchev–Trinajstić information content (AvgIpc) is 3.24. The number of anilines is 3. The van der Waals surface area contributed by atoms with Crippen LogP contribution in [0.4, 0.5) is 56.6 Å². The summed E-state index contributed by atoms with van der Waals surface area (Å²) in [6.45, 7) is 1.10. The first-order chi connectivity index (χ1) is 15.9. The monoisotopic (exact) mass is 521 g/mol. The second-order valence-electron chi connectivity index (χ2n) is 7.30. The molecule has 1 fully saturated rings. The normalized spacial score (nSPS) is 16.5. The minimum atomic E-state index is -5.08. The number of benzene rings is 1. The van der Waals surface area contributed by atoms with Gasteiger partial charge in [0.25, 0.3) is 10.9 Å². The van der Waals surface area contributed by atoms with Gasteiger partial charge in [0, 0.05) is 18.3 Å². The standard InChI is InChI=1S/C17H15F6N3O2.C2HF3O2/c18-16(19,20)8-4-9(17(21,22)23)6-11(5-8)26-13-12(14(27)15(13)28)25-7-10-2-1-3-24-10;3-2(4,5)1(6)7/h4-6,10,24-26H,1-3,7H2;(H,6,7)/t10-;/m0./s1. The minimum Gasteiger partial charge on any atom is -0.475 e. The van der Waals surface area contributed by atoms with Crippen LogP contribution in [0.1, 0.15) is 24.0 Å². The molecule has 7 nitrogen and oxygen atoms in total. The smallest absolute Gasteiger partial charge is 0.475 e. The molecule has 0 spiro atoms.